The van der Waals surface area contributed by atoms with Crippen LogP contribution in [0.3, 0.4) is 0 Å². The van der Waals surface area contributed by atoms with Gasteiger partial charge in [0.2, 0.25) is 0 Å². The third-order valence-electron chi connectivity index (χ3n) is 4.62. The Bertz CT molecular complexity index is 710. The van der Waals surface area contributed by atoms with Crippen LogP contribution in [-0.2, 0) is 0 Å². The molecule has 24 heavy (non-hydrogen) atoms. The van der Waals surface area contributed by atoms with Crippen LogP contribution >= 0.6 is 0 Å². The van der Waals surface area contributed by atoms with Gasteiger partial charge in [0.25, 0.3) is 5.91 Å². The van der Waals surface area contributed by atoms with Crippen molar-refractivity contribution in [3.63, 3.8) is 0 Å². The SMILES string of the molecule is COc1cccc(C2CCCN2C(=O)c2ccc(N(C)C)cc2)c1. The first-order valence-electron chi connectivity index (χ1n) is 8.32. The van der Waals surface area contributed by atoms with Crippen molar-refractivity contribution < 1.29 is 9.53 Å². The van der Waals surface area contributed by atoms with Crippen LogP contribution in [0.2, 0.25) is 0 Å². The van der Waals surface area contributed by atoms with E-state index in [1.54, 1.807) is 7.11 Å². The first kappa shape index (κ1) is 16.4. The number of hydrogen-bond donors (Lipinski definition) is 0. The zero-order valence-electron chi connectivity index (χ0n) is 14.5. The van der Waals surface area contributed by atoms with Crippen LogP contribution in [0.15, 0.2) is 48.5 Å². The van der Waals surface area contributed by atoms with Gasteiger partial charge in [-0.25, -0.2) is 0 Å². The van der Waals surface area contributed by atoms with Gasteiger partial charge in [0, 0.05) is 31.9 Å². The molecule has 1 heterocycles. The Kier molecular flexibility index (Phi) is 4.74. The fraction of sp³-hybridized carbons (Fsp3) is 0.350. The van der Waals surface area contributed by atoms with Gasteiger partial charge in [0.15, 0.2) is 0 Å². The smallest absolute Gasteiger partial charge is 0.254 e. The van der Waals surface area contributed by atoms with Crippen molar-refractivity contribution in [3.8, 4) is 5.75 Å². The summed E-state index contributed by atoms with van der Waals surface area (Å²) in [5, 5.41) is 0. The highest BCUT2D eigenvalue weighted by Crippen LogP contribution is 2.34. The topological polar surface area (TPSA) is 32.8 Å². The summed E-state index contributed by atoms with van der Waals surface area (Å²) >= 11 is 0. The molecule has 0 N–H and O–H groups in total. The second-order valence-electron chi connectivity index (χ2n) is 6.37. The van der Waals surface area contributed by atoms with Gasteiger partial charge in [-0.3, -0.25) is 4.79 Å². The first-order chi connectivity index (χ1) is 11.6. The van der Waals surface area contributed by atoms with Crippen molar-refractivity contribution in [2.45, 2.75) is 18.9 Å². The lowest BCUT2D eigenvalue weighted by molar-refractivity contribution is 0.0735. The maximum Gasteiger partial charge on any atom is 0.254 e. The Morgan fingerprint density at radius 3 is 2.58 bits per heavy atom. The van der Waals surface area contributed by atoms with Crippen molar-refractivity contribution in [1.29, 1.82) is 0 Å². The molecule has 0 saturated carbocycles. The van der Waals surface area contributed by atoms with E-state index in [1.165, 1.54) is 0 Å². The molecule has 0 bridgehead atoms. The standard InChI is InChI=1S/C20H24N2O2/c1-21(2)17-11-9-15(10-12-17)20(23)22-13-5-8-19(22)16-6-4-7-18(14-16)24-3/h4,6-7,9-12,14,19H,5,8,13H2,1-3H3. The third kappa shape index (κ3) is 3.23. The van der Waals surface area contributed by atoms with Crippen LogP contribution < -0.4 is 9.64 Å². The molecule has 1 saturated heterocycles. The molecule has 1 amide bonds. The molecule has 0 aliphatic carbocycles. The lowest BCUT2D eigenvalue weighted by Crippen LogP contribution is -2.30. The minimum Gasteiger partial charge on any atom is -0.497 e. The summed E-state index contributed by atoms with van der Waals surface area (Å²) in [6.45, 7) is 0.802. The van der Waals surface area contributed by atoms with E-state index >= 15 is 0 Å². The van der Waals surface area contributed by atoms with E-state index in [-0.39, 0.29) is 11.9 Å². The van der Waals surface area contributed by atoms with E-state index in [1.807, 2.05) is 66.4 Å². The molecular formula is C20H24N2O2. The first-order valence-corrected chi connectivity index (χ1v) is 8.32. The van der Waals surface area contributed by atoms with Crippen molar-refractivity contribution in [2.75, 3.05) is 32.6 Å². The van der Waals surface area contributed by atoms with Gasteiger partial charge in [0.1, 0.15) is 5.75 Å². The highest BCUT2D eigenvalue weighted by Gasteiger charge is 2.30. The largest absolute Gasteiger partial charge is 0.497 e. The van der Waals surface area contributed by atoms with E-state index in [9.17, 15) is 4.79 Å². The minimum atomic E-state index is 0.102. The van der Waals surface area contributed by atoms with Crippen LogP contribution in [0, 0.1) is 0 Å². The zero-order chi connectivity index (χ0) is 17.1. The fourth-order valence-corrected chi connectivity index (χ4v) is 3.27. The maximum absolute atomic E-state index is 12.9. The summed E-state index contributed by atoms with van der Waals surface area (Å²) in [4.78, 5) is 17.0. The minimum absolute atomic E-state index is 0.102. The third-order valence-corrected chi connectivity index (χ3v) is 4.62. The number of methoxy groups -OCH3 is 1. The van der Waals surface area contributed by atoms with Crippen LogP contribution in [-0.4, -0.2) is 38.6 Å². The monoisotopic (exact) mass is 324 g/mol. The van der Waals surface area contributed by atoms with Crippen molar-refractivity contribution in [2.24, 2.45) is 0 Å². The number of amides is 1. The fourth-order valence-electron chi connectivity index (χ4n) is 3.27. The number of hydrogen-bond acceptors (Lipinski definition) is 3. The number of rotatable bonds is 4. The Hall–Kier alpha value is -2.49. The molecule has 1 aliphatic heterocycles. The Labute approximate surface area is 143 Å². The van der Waals surface area contributed by atoms with Crippen LogP contribution in [0.5, 0.6) is 5.75 Å². The quantitative estimate of drug-likeness (QED) is 0.859. The highest BCUT2D eigenvalue weighted by molar-refractivity contribution is 5.95. The molecule has 126 valence electrons. The molecule has 2 aromatic carbocycles. The van der Waals surface area contributed by atoms with Crippen molar-refractivity contribution in [1.82, 2.24) is 4.90 Å². The van der Waals surface area contributed by atoms with E-state index in [0.717, 1.165) is 42.0 Å². The van der Waals surface area contributed by atoms with E-state index < -0.39 is 0 Å². The summed E-state index contributed by atoms with van der Waals surface area (Å²) in [6.07, 6.45) is 2.03. The van der Waals surface area contributed by atoms with Crippen molar-refractivity contribution >= 4 is 11.6 Å². The lowest BCUT2D eigenvalue weighted by Gasteiger charge is -2.25. The van der Waals surface area contributed by atoms with Gasteiger partial charge < -0.3 is 14.5 Å². The molecule has 3 rings (SSSR count). The molecule has 0 aromatic heterocycles. The van der Waals surface area contributed by atoms with Gasteiger partial charge in [-0.1, -0.05) is 12.1 Å². The van der Waals surface area contributed by atoms with E-state index in [0.29, 0.717) is 0 Å². The van der Waals surface area contributed by atoms with Crippen molar-refractivity contribution in [3.05, 3.63) is 59.7 Å². The molecule has 2 aromatic rings. The van der Waals surface area contributed by atoms with Gasteiger partial charge in [-0.2, -0.15) is 0 Å². The van der Waals surface area contributed by atoms with E-state index in [4.69, 9.17) is 4.74 Å². The molecule has 4 heteroatoms. The average molecular weight is 324 g/mol. The van der Waals surface area contributed by atoms with Crippen LogP contribution in [0.25, 0.3) is 0 Å². The summed E-state index contributed by atoms with van der Waals surface area (Å²) in [5.74, 6) is 0.938. The van der Waals surface area contributed by atoms with Crippen LogP contribution in [0.4, 0.5) is 5.69 Å². The van der Waals surface area contributed by atoms with E-state index in [2.05, 4.69) is 6.07 Å². The molecular weight excluding hydrogens is 300 g/mol. The number of nitrogens with zero attached hydrogens (tertiary/aromatic N) is 2. The van der Waals surface area contributed by atoms with Gasteiger partial charge in [-0.15, -0.1) is 0 Å². The second kappa shape index (κ2) is 6.95. The Morgan fingerprint density at radius 2 is 1.92 bits per heavy atom. The number of carbonyl (C=O) groups excluding carboxylic acids is 1. The zero-order valence-corrected chi connectivity index (χ0v) is 14.5. The normalized spacial score (nSPS) is 17.0. The molecule has 1 atom stereocenters. The molecule has 0 radical (unpaired) electrons. The number of carbonyl (C=O) groups is 1. The average Bonchev–Trinajstić information content (AvgIpc) is 3.11. The number of benzene rings is 2. The predicted molar refractivity (Wildman–Crippen MR) is 96.8 cm³/mol. The van der Waals surface area contributed by atoms with Gasteiger partial charge in [-0.05, 0) is 54.8 Å². The molecule has 1 fully saturated rings. The highest BCUT2D eigenvalue weighted by atomic mass is 16.5. The maximum atomic E-state index is 12.9. The molecule has 1 unspecified atom stereocenters. The summed E-state index contributed by atoms with van der Waals surface area (Å²) in [5.41, 5.74) is 2.98. The number of anilines is 1. The lowest BCUT2D eigenvalue weighted by atomic mass is 10.0. The van der Waals surface area contributed by atoms with Crippen LogP contribution in [0.1, 0.15) is 34.8 Å². The number of ether oxygens (including phenoxy) is 1. The summed E-state index contributed by atoms with van der Waals surface area (Å²) in [7, 11) is 5.66. The van der Waals surface area contributed by atoms with Gasteiger partial charge in [0.05, 0.1) is 13.2 Å². The Morgan fingerprint density at radius 1 is 1.17 bits per heavy atom. The number of likely N-dealkylation sites (tertiary alicyclic amines) is 1. The van der Waals surface area contributed by atoms with Gasteiger partial charge >= 0.3 is 0 Å². The molecule has 0 spiro atoms. The molecule has 4 nitrogen and oxygen atoms in total. The summed E-state index contributed by atoms with van der Waals surface area (Å²) < 4.78 is 5.32. The molecule has 1 aliphatic rings. The Balaban J connectivity index is 1.82. The second-order valence-corrected chi connectivity index (χ2v) is 6.37. The summed E-state index contributed by atoms with van der Waals surface area (Å²) in [6, 6.07) is 16.0. The predicted octanol–water partition coefficient (Wildman–Crippen LogP) is 3.74.